The minimum Gasteiger partial charge on any atom is -0.232 e. The molecule has 5 heavy (non-hydrogen) atoms. The lowest BCUT2D eigenvalue weighted by Gasteiger charge is -1.63. The highest BCUT2D eigenvalue weighted by Gasteiger charge is 1.55. The topological polar surface area (TPSA) is 12.4 Å². The van der Waals surface area contributed by atoms with Crippen molar-refractivity contribution < 1.29 is 0 Å². The minimum atomic E-state index is 0.243. The summed E-state index contributed by atoms with van der Waals surface area (Å²) in [5.41, 5.74) is 0. The highest BCUT2D eigenvalue weighted by atomic mass is 35.7. The lowest BCUT2D eigenvalue weighted by atomic mass is 12.0. The molecule has 0 saturated heterocycles. The summed E-state index contributed by atoms with van der Waals surface area (Å²) in [5, 5.41) is 0. The van der Waals surface area contributed by atoms with E-state index in [1.807, 2.05) is 6.66 Å². The van der Waals surface area contributed by atoms with Gasteiger partial charge in [0.2, 0.25) is 0 Å². The summed E-state index contributed by atoms with van der Waals surface area (Å²) < 4.78 is 3.74. The number of halogens is 1. The van der Waals surface area contributed by atoms with Crippen LogP contribution in [0.15, 0.2) is 4.52 Å². The van der Waals surface area contributed by atoms with Gasteiger partial charge in [0, 0.05) is 8.37 Å². The van der Waals surface area contributed by atoms with Gasteiger partial charge in [-0.1, -0.05) is 11.2 Å². The van der Waals surface area contributed by atoms with Crippen LogP contribution in [0.1, 0.15) is 0 Å². The molecular weight excluding hydrogens is 123 g/mol. The van der Waals surface area contributed by atoms with Crippen LogP contribution in [0.25, 0.3) is 0 Å². The average molecular weight is 127 g/mol. The van der Waals surface area contributed by atoms with Gasteiger partial charge in [-0.15, -0.1) is 0 Å². The van der Waals surface area contributed by atoms with Crippen molar-refractivity contribution in [1.82, 2.24) is 0 Å². The fourth-order valence-corrected chi connectivity index (χ4v) is 1.02. The molecule has 0 heterocycles. The van der Waals surface area contributed by atoms with Crippen molar-refractivity contribution in [3.63, 3.8) is 0 Å². The Morgan fingerprint density at radius 2 is 2.60 bits per heavy atom. The van der Waals surface area contributed by atoms with Gasteiger partial charge >= 0.3 is 0 Å². The van der Waals surface area contributed by atoms with Crippen LogP contribution < -0.4 is 0 Å². The first kappa shape index (κ1) is 5.82. The molecule has 0 rings (SSSR count). The van der Waals surface area contributed by atoms with Crippen molar-refractivity contribution in [2.75, 3.05) is 6.66 Å². The normalized spacial score (nSPS) is 12.4. The molecule has 0 aromatic heterocycles. The van der Waals surface area contributed by atoms with Crippen LogP contribution >= 0.6 is 27.7 Å². The van der Waals surface area contributed by atoms with Crippen LogP contribution in [-0.4, -0.2) is 6.66 Å². The van der Waals surface area contributed by atoms with E-state index < -0.39 is 0 Å². The van der Waals surface area contributed by atoms with E-state index in [0.717, 1.165) is 8.37 Å². The third-order valence-electron chi connectivity index (χ3n) is 0.138. The predicted octanol–water partition coefficient (Wildman–Crippen LogP) is 2.49. The van der Waals surface area contributed by atoms with Crippen LogP contribution in [0.5, 0.6) is 0 Å². The summed E-state index contributed by atoms with van der Waals surface area (Å²) in [5.74, 6) is 0. The number of rotatable bonds is 1. The van der Waals surface area contributed by atoms with Gasteiger partial charge in [0.1, 0.15) is 8.08 Å². The van der Waals surface area contributed by atoms with Gasteiger partial charge in [-0.3, -0.25) is 0 Å². The molecule has 1 nitrogen and oxygen atoms in total. The average Bonchev–Trinajstić information content (AvgIpc) is 1.41. The third kappa shape index (κ3) is 4.82. The number of hydrogen-bond donors (Lipinski definition) is 0. The van der Waals surface area contributed by atoms with E-state index in [-0.39, 0.29) is 8.08 Å². The van der Waals surface area contributed by atoms with Crippen molar-refractivity contribution >= 4 is 27.7 Å². The molecule has 0 aliphatic carbocycles. The van der Waals surface area contributed by atoms with E-state index in [4.69, 9.17) is 11.2 Å². The lowest BCUT2D eigenvalue weighted by Crippen LogP contribution is -1.11. The second-order valence-electron chi connectivity index (χ2n) is 0.385. The van der Waals surface area contributed by atoms with E-state index in [0.29, 0.717) is 0 Å². The minimum absolute atomic E-state index is 0.243. The molecule has 1 atom stereocenters. The van der Waals surface area contributed by atoms with E-state index in [1.165, 1.54) is 0 Å². The summed E-state index contributed by atoms with van der Waals surface area (Å²) in [6.45, 7) is 1.94. The second-order valence-corrected chi connectivity index (χ2v) is 2.26. The Kier molecular flexibility index (Phi) is 5.61. The molecule has 4 heteroatoms. The van der Waals surface area contributed by atoms with E-state index >= 15 is 0 Å². The standard InChI is InChI=1S/CH4ClNP2/c1-4-3-5-2/h5H,1H3. The second kappa shape index (κ2) is 4.82. The van der Waals surface area contributed by atoms with Crippen molar-refractivity contribution in [3.8, 4) is 0 Å². The van der Waals surface area contributed by atoms with E-state index in [2.05, 4.69) is 4.52 Å². The monoisotopic (exact) mass is 127 g/mol. The highest BCUT2D eigenvalue weighted by molar-refractivity contribution is 7.69. The van der Waals surface area contributed by atoms with E-state index in [9.17, 15) is 0 Å². The Balaban J connectivity index is 2.62. The zero-order chi connectivity index (χ0) is 4.12. The number of hydrogen-bond acceptors (Lipinski definition) is 1. The Morgan fingerprint density at radius 3 is 2.60 bits per heavy atom. The smallest absolute Gasteiger partial charge is 0.101 e. The van der Waals surface area contributed by atoms with Crippen molar-refractivity contribution in [1.29, 1.82) is 0 Å². The Morgan fingerprint density at radius 1 is 2.00 bits per heavy atom. The maximum absolute atomic E-state index is 5.16. The fourth-order valence-electron chi connectivity index (χ4n) is 0.0378. The molecule has 0 aliphatic heterocycles. The Bertz CT molecular complexity index is 36.6. The number of nitrogens with zero attached hydrogens (tertiary/aromatic N) is 1. The van der Waals surface area contributed by atoms with Crippen molar-refractivity contribution in [2.45, 2.75) is 0 Å². The van der Waals surface area contributed by atoms with Gasteiger partial charge in [-0.2, -0.15) is 0 Å². The molecule has 0 aromatic rings. The SMILES string of the molecule is CP=NPCl. The molecule has 1 unspecified atom stereocenters. The van der Waals surface area contributed by atoms with Crippen LogP contribution in [0, 0.1) is 0 Å². The zero-order valence-corrected chi connectivity index (χ0v) is 5.42. The molecule has 0 radical (unpaired) electrons. The molecule has 0 bridgehead atoms. The summed E-state index contributed by atoms with van der Waals surface area (Å²) in [4.78, 5) is 0. The first-order chi connectivity index (χ1) is 2.41. The molecule has 0 fully saturated rings. The molecule has 30 valence electrons. The molecular formula is CH4ClNP2. The molecule has 0 aromatic carbocycles. The molecule has 0 amide bonds. The first-order valence-corrected chi connectivity index (χ1v) is 4.31. The van der Waals surface area contributed by atoms with Crippen LogP contribution in [0.2, 0.25) is 0 Å². The van der Waals surface area contributed by atoms with Gasteiger partial charge in [0.15, 0.2) is 0 Å². The first-order valence-electron chi connectivity index (χ1n) is 1.06. The van der Waals surface area contributed by atoms with Crippen LogP contribution in [-0.2, 0) is 0 Å². The van der Waals surface area contributed by atoms with Gasteiger partial charge in [-0.25, -0.2) is 4.52 Å². The highest BCUT2D eigenvalue weighted by Crippen LogP contribution is 2.20. The van der Waals surface area contributed by atoms with Crippen molar-refractivity contribution in [2.24, 2.45) is 4.52 Å². The Labute approximate surface area is 39.6 Å². The molecule has 0 spiro atoms. The summed E-state index contributed by atoms with van der Waals surface area (Å²) in [7, 11) is 1.28. The van der Waals surface area contributed by atoms with Gasteiger partial charge in [-0.05, 0) is 6.66 Å². The maximum Gasteiger partial charge on any atom is 0.101 e. The zero-order valence-electron chi connectivity index (χ0n) is 2.77. The summed E-state index contributed by atoms with van der Waals surface area (Å²) in [6.07, 6.45) is 0. The largest absolute Gasteiger partial charge is 0.232 e. The van der Waals surface area contributed by atoms with Gasteiger partial charge in [0.05, 0.1) is 0 Å². The summed E-state index contributed by atoms with van der Waals surface area (Å²) >= 11 is 5.16. The third-order valence-corrected chi connectivity index (χ3v) is 1.92. The van der Waals surface area contributed by atoms with Gasteiger partial charge < -0.3 is 0 Å². The molecule has 0 aliphatic rings. The van der Waals surface area contributed by atoms with E-state index in [1.54, 1.807) is 0 Å². The van der Waals surface area contributed by atoms with Crippen LogP contribution in [0.3, 0.4) is 0 Å². The summed E-state index contributed by atoms with van der Waals surface area (Å²) in [6, 6.07) is 0. The quantitative estimate of drug-likeness (QED) is 0.480. The molecule has 0 N–H and O–H groups in total. The van der Waals surface area contributed by atoms with Crippen molar-refractivity contribution in [3.05, 3.63) is 0 Å². The maximum atomic E-state index is 5.16. The fraction of sp³-hybridized carbons (Fsp3) is 1.00. The predicted molar refractivity (Wildman–Crippen MR) is 29.4 cm³/mol. The molecule has 0 saturated carbocycles. The van der Waals surface area contributed by atoms with Crippen LogP contribution in [0.4, 0.5) is 0 Å². The lowest BCUT2D eigenvalue weighted by molar-refractivity contribution is 2.06. The Hall–Kier alpha value is 0.820. The van der Waals surface area contributed by atoms with Gasteiger partial charge in [0.25, 0.3) is 0 Å².